The third kappa shape index (κ3) is 11.5. The van der Waals surface area contributed by atoms with Crippen molar-refractivity contribution in [2.24, 2.45) is 0 Å². The van der Waals surface area contributed by atoms with Crippen LogP contribution in [0.4, 0.5) is 0 Å². The van der Waals surface area contributed by atoms with Crippen LogP contribution < -0.4 is 10.6 Å². The molecule has 1 saturated heterocycles. The van der Waals surface area contributed by atoms with Crippen LogP contribution in [0.15, 0.2) is 0 Å². The number of carbonyl (C=O) groups excluding carboxylic acids is 1. The maximum absolute atomic E-state index is 11.5. The Hall–Kier alpha value is -0.0700. The molecule has 1 aliphatic heterocycles. The van der Waals surface area contributed by atoms with Crippen molar-refractivity contribution in [2.75, 3.05) is 39.8 Å². The molecule has 0 radical (unpaired) electrons. The van der Waals surface area contributed by atoms with Gasteiger partial charge in [0.25, 0.3) is 0 Å². The van der Waals surface area contributed by atoms with Crippen molar-refractivity contribution in [2.45, 2.75) is 51.7 Å². The highest BCUT2D eigenvalue weighted by Crippen LogP contribution is 2.11. The van der Waals surface area contributed by atoms with Crippen molar-refractivity contribution in [1.29, 1.82) is 0 Å². The molecule has 1 fully saturated rings. The first-order valence-electron chi connectivity index (χ1n) is 7.91. The van der Waals surface area contributed by atoms with Crippen LogP contribution in [0.5, 0.6) is 0 Å². The Morgan fingerprint density at radius 1 is 1.09 bits per heavy atom. The fourth-order valence-corrected chi connectivity index (χ4v) is 2.67. The molecule has 2 atom stereocenters. The first-order chi connectivity index (χ1) is 9.61. The second-order valence-electron chi connectivity index (χ2n) is 5.78. The average Bonchev–Trinajstić information content (AvgIpc) is 2.37. The van der Waals surface area contributed by atoms with Gasteiger partial charge in [0.2, 0.25) is 5.91 Å². The Bertz CT molecular complexity index is 274. The normalized spacial score (nSPS) is 21.6. The van der Waals surface area contributed by atoms with Gasteiger partial charge in [-0.2, -0.15) is 0 Å². The Labute approximate surface area is 147 Å². The average molecular weight is 358 g/mol. The van der Waals surface area contributed by atoms with Crippen molar-refractivity contribution in [3.8, 4) is 0 Å². The molecule has 0 saturated carbocycles. The molecule has 1 amide bonds. The summed E-state index contributed by atoms with van der Waals surface area (Å²) in [7, 11) is 1.91. The molecule has 0 aromatic heterocycles. The zero-order chi connectivity index (χ0) is 14.8. The fraction of sp³-hybridized carbons (Fsp3) is 0.933. The number of hydrogen-bond donors (Lipinski definition) is 2. The van der Waals surface area contributed by atoms with E-state index in [1.807, 2.05) is 7.05 Å². The summed E-state index contributed by atoms with van der Waals surface area (Å²) >= 11 is 0. The number of nitrogens with zero attached hydrogens (tertiary/aromatic N) is 1. The molecule has 2 N–H and O–H groups in total. The van der Waals surface area contributed by atoms with Gasteiger partial charge in [-0.3, -0.25) is 9.69 Å². The number of unbranched alkanes of at least 4 members (excludes halogenated alkanes) is 1. The van der Waals surface area contributed by atoms with Crippen LogP contribution in [0.3, 0.4) is 0 Å². The molecule has 5 nitrogen and oxygen atoms in total. The van der Waals surface area contributed by atoms with Crippen molar-refractivity contribution < 1.29 is 9.53 Å². The molecule has 7 heteroatoms. The SMILES string of the molecule is CNCCCC(=O)NCCCCN1CC(C)OC(C)C1.Cl.Cl. The van der Waals surface area contributed by atoms with Crippen LogP contribution in [0.2, 0.25) is 0 Å². The zero-order valence-corrected chi connectivity index (χ0v) is 15.7. The van der Waals surface area contributed by atoms with Gasteiger partial charge >= 0.3 is 0 Å². The minimum Gasteiger partial charge on any atom is -0.373 e. The minimum absolute atomic E-state index is 0. The lowest BCUT2D eigenvalue weighted by Crippen LogP contribution is -2.45. The van der Waals surface area contributed by atoms with Crippen LogP contribution in [0.1, 0.15) is 39.5 Å². The summed E-state index contributed by atoms with van der Waals surface area (Å²) < 4.78 is 5.72. The Morgan fingerprint density at radius 2 is 1.73 bits per heavy atom. The number of morpholine rings is 1. The lowest BCUT2D eigenvalue weighted by atomic mass is 10.2. The summed E-state index contributed by atoms with van der Waals surface area (Å²) in [6.07, 6.45) is 4.40. The summed E-state index contributed by atoms with van der Waals surface area (Å²) in [6.45, 7) is 9.13. The molecule has 22 heavy (non-hydrogen) atoms. The molecule has 0 bridgehead atoms. The van der Waals surface area contributed by atoms with E-state index in [1.54, 1.807) is 0 Å². The van der Waals surface area contributed by atoms with E-state index in [9.17, 15) is 4.79 Å². The van der Waals surface area contributed by atoms with Crippen molar-refractivity contribution in [3.63, 3.8) is 0 Å². The molecule has 0 aliphatic carbocycles. The number of amides is 1. The number of rotatable bonds is 9. The first-order valence-corrected chi connectivity index (χ1v) is 7.91. The second-order valence-corrected chi connectivity index (χ2v) is 5.78. The predicted molar refractivity (Wildman–Crippen MR) is 96.3 cm³/mol. The first kappa shape index (κ1) is 24.2. The second kappa shape index (κ2) is 14.5. The summed E-state index contributed by atoms with van der Waals surface area (Å²) in [5.41, 5.74) is 0. The summed E-state index contributed by atoms with van der Waals surface area (Å²) in [5.74, 6) is 0.175. The third-order valence-corrected chi connectivity index (χ3v) is 3.55. The fourth-order valence-electron chi connectivity index (χ4n) is 2.67. The van der Waals surface area contributed by atoms with Crippen LogP contribution in [-0.2, 0) is 9.53 Å². The molecule has 0 aromatic carbocycles. The highest BCUT2D eigenvalue weighted by molar-refractivity contribution is 5.85. The maximum atomic E-state index is 11.5. The molecule has 1 aliphatic rings. The standard InChI is InChI=1S/C15H31N3O2.2ClH/c1-13-11-18(12-14(2)20-13)10-5-4-9-17-15(19)7-6-8-16-3;;/h13-14,16H,4-12H2,1-3H3,(H,17,19);2*1H. The van der Waals surface area contributed by atoms with E-state index in [4.69, 9.17) is 4.74 Å². The van der Waals surface area contributed by atoms with Crippen LogP contribution >= 0.6 is 24.8 Å². The van der Waals surface area contributed by atoms with E-state index in [1.165, 1.54) is 0 Å². The molecular weight excluding hydrogens is 325 g/mol. The van der Waals surface area contributed by atoms with Crippen molar-refractivity contribution >= 4 is 30.7 Å². The molecule has 2 unspecified atom stereocenters. The monoisotopic (exact) mass is 357 g/mol. The Balaban J connectivity index is 0. The Morgan fingerprint density at radius 3 is 2.32 bits per heavy atom. The van der Waals surface area contributed by atoms with Crippen LogP contribution in [-0.4, -0.2) is 62.8 Å². The van der Waals surface area contributed by atoms with Gasteiger partial charge < -0.3 is 15.4 Å². The molecule has 1 heterocycles. The van der Waals surface area contributed by atoms with E-state index in [0.717, 1.165) is 52.0 Å². The third-order valence-electron chi connectivity index (χ3n) is 3.55. The van der Waals surface area contributed by atoms with Gasteiger partial charge in [-0.15, -0.1) is 24.8 Å². The van der Waals surface area contributed by atoms with Gasteiger partial charge in [0.05, 0.1) is 12.2 Å². The number of nitrogens with one attached hydrogen (secondary N) is 2. The molecule has 0 aromatic rings. The van der Waals surface area contributed by atoms with Gasteiger partial charge in [0.1, 0.15) is 0 Å². The van der Waals surface area contributed by atoms with E-state index in [2.05, 4.69) is 29.4 Å². The zero-order valence-electron chi connectivity index (χ0n) is 14.1. The number of halogens is 2. The van der Waals surface area contributed by atoms with Gasteiger partial charge in [-0.1, -0.05) is 0 Å². The van der Waals surface area contributed by atoms with E-state index >= 15 is 0 Å². The van der Waals surface area contributed by atoms with Crippen LogP contribution in [0, 0.1) is 0 Å². The van der Waals surface area contributed by atoms with E-state index in [0.29, 0.717) is 18.6 Å². The summed E-state index contributed by atoms with van der Waals surface area (Å²) in [4.78, 5) is 14.0. The van der Waals surface area contributed by atoms with Gasteiger partial charge in [-0.05, 0) is 53.2 Å². The van der Waals surface area contributed by atoms with Crippen molar-refractivity contribution in [1.82, 2.24) is 15.5 Å². The van der Waals surface area contributed by atoms with E-state index < -0.39 is 0 Å². The lowest BCUT2D eigenvalue weighted by Gasteiger charge is -2.35. The number of ether oxygens (including phenoxy) is 1. The molecular formula is C15H33Cl2N3O2. The summed E-state index contributed by atoms with van der Waals surface area (Å²) in [5, 5.41) is 6.03. The molecule has 1 rings (SSSR count). The topological polar surface area (TPSA) is 53.6 Å². The minimum atomic E-state index is 0. The quantitative estimate of drug-likeness (QED) is 0.618. The smallest absolute Gasteiger partial charge is 0.220 e. The van der Waals surface area contributed by atoms with Gasteiger partial charge in [0.15, 0.2) is 0 Å². The Kier molecular flexibility index (Phi) is 16.0. The molecule has 0 spiro atoms. The van der Waals surface area contributed by atoms with Gasteiger partial charge in [-0.25, -0.2) is 0 Å². The maximum Gasteiger partial charge on any atom is 0.220 e. The highest BCUT2D eigenvalue weighted by atomic mass is 35.5. The highest BCUT2D eigenvalue weighted by Gasteiger charge is 2.21. The lowest BCUT2D eigenvalue weighted by molar-refractivity contribution is -0.121. The number of hydrogen-bond acceptors (Lipinski definition) is 4. The number of carbonyl (C=O) groups is 1. The van der Waals surface area contributed by atoms with Crippen LogP contribution in [0.25, 0.3) is 0 Å². The van der Waals surface area contributed by atoms with E-state index in [-0.39, 0.29) is 30.7 Å². The largest absolute Gasteiger partial charge is 0.373 e. The van der Waals surface area contributed by atoms with Gasteiger partial charge in [0, 0.05) is 26.1 Å². The molecule has 134 valence electrons. The van der Waals surface area contributed by atoms with Crippen molar-refractivity contribution in [3.05, 3.63) is 0 Å². The predicted octanol–water partition coefficient (Wildman–Crippen LogP) is 1.84. The summed E-state index contributed by atoms with van der Waals surface area (Å²) in [6, 6.07) is 0.